The third kappa shape index (κ3) is 9.37. The normalized spacial score (nSPS) is 10.4. The second kappa shape index (κ2) is 6.53. The molecule has 0 bridgehead atoms. The molecule has 15 heavy (non-hydrogen) atoms. The van der Waals surface area contributed by atoms with Crippen LogP contribution in [0.15, 0.2) is 24.4 Å². The van der Waals surface area contributed by atoms with Gasteiger partial charge in [0.15, 0.2) is 11.9 Å². The van der Waals surface area contributed by atoms with Crippen LogP contribution in [0.3, 0.4) is 0 Å². The second-order valence-corrected chi connectivity index (χ2v) is 4.73. The minimum Gasteiger partial charge on any atom is -0.286 e. The zero-order chi connectivity index (χ0) is 11.9. The van der Waals surface area contributed by atoms with Gasteiger partial charge < -0.3 is 0 Å². The van der Waals surface area contributed by atoms with Crippen molar-refractivity contribution in [2.45, 2.75) is 26.8 Å². The first-order chi connectivity index (χ1) is 6.84. The smallest absolute Gasteiger partial charge is 0.261 e. The molecule has 4 nitrogen and oxygen atoms in total. The van der Waals surface area contributed by atoms with Crippen molar-refractivity contribution in [3.8, 4) is 0 Å². The number of pyridine rings is 1. The highest BCUT2D eigenvalue weighted by molar-refractivity contribution is 7.85. The Kier molecular flexibility index (Phi) is 6.12. The Labute approximate surface area is 91.3 Å². The van der Waals surface area contributed by atoms with Gasteiger partial charge in [0.1, 0.15) is 6.54 Å². The fourth-order valence-electron chi connectivity index (χ4n) is 1.05. The lowest BCUT2D eigenvalue weighted by Crippen LogP contribution is -2.35. The van der Waals surface area contributed by atoms with E-state index in [-0.39, 0.29) is 0 Å². The van der Waals surface area contributed by atoms with Crippen LogP contribution in [0.4, 0.5) is 0 Å². The van der Waals surface area contributed by atoms with Gasteiger partial charge in [0.25, 0.3) is 10.1 Å². The average molecular weight is 232 g/mol. The highest BCUT2D eigenvalue weighted by atomic mass is 32.2. The molecular formula is C10H18NO3S+. The fraction of sp³-hybridized carbons (Fsp3) is 0.500. The van der Waals surface area contributed by atoms with Crippen molar-refractivity contribution in [2.24, 2.45) is 0 Å². The molecule has 5 heteroatoms. The first kappa shape index (κ1) is 14.1. The van der Waals surface area contributed by atoms with Crippen LogP contribution in [-0.4, -0.2) is 19.2 Å². The van der Waals surface area contributed by atoms with Crippen LogP contribution in [-0.2, 0) is 16.7 Å². The van der Waals surface area contributed by atoms with Crippen molar-refractivity contribution in [2.75, 3.05) is 6.26 Å². The monoisotopic (exact) mass is 232 g/mol. The number of hydrogen-bond donors (Lipinski definition) is 1. The maximum Gasteiger partial charge on any atom is 0.261 e. The largest absolute Gasteiger partial charge is 0.286 e. The summed E-state index contributed by atoms with van der Waals surface area (Å²) < 4.78 is 28.1. The van der Waals surface area contributed by atoms with Crippen molar-refractivity contribution in [1.29, 1.82) is 0 Å². The summed E-state index contributed by atoms with van der Waals surface area (Å²) in [6, 6.07) is 6.28. The molecule has 0 atom stereocenters. The predicted molar refractivity (Wildman–Crippen MR) is 59.1 cm³/mol. The molecule has 0 spiro atoms. The van der Waals surface area contributed by atoms with Gasteiger partial charge in [-0.1, -0.05) is 13.0 Å². The highest BCUT2D eigenvalue weighted by Crippen LogP contribution is 1.87. The summed E-state index contributed by atoms with van der Waals surface area (Å²) in [4.78, 5) is 0. The maximum absolute atomic E-state index is 9.19. The SMILES string of the molecule is CCC[n+]1ccccc1C.CS(=O)(=O)O. The van der Waals surface area contributed by atoms with E-state index < -0.39 is 10.1 Å². The molecule has 0 aliphatic heterocycles. The van der Waals surface area contributed by atoms with E-state index in [4.69, 9.17) is 4.55 Å². The Bertz CT molecular complexity index is 379. The minimum atomic E-state index is -3.67. The van der Waals surface area contributed by atoms with Crippen molar-refractivity contribution in [3.05, 3.63) is 30.1 Å². The second-order valence-electron chi connectivity index (χ2n) is 3.27. The molecule has 0 aromatic carbocycles. The zero-order valence-electron chi connectivity index (χ0n) is 9.34. The van der Waals surface area contributed by atoms with Crippen LogP contribution in [0.2, 0.25) is 0 Å². The number of aromatic nitrogens is 1. The summed E-state index contributed by atoms with van der Waals surface area (Å²) >= 11 is 0. The molecule has 0 unspecified atom stereocenters. The lowest BCUT2D eigenvalue weighted by atomic mass is 10.3. The predicted octanol–water partition coefficient (Wildman–Crippen LogP) is 1.20. The van der Waals surface area contributed by atoms with Gasteiger partial charge in [-0.25, -0.2) is 4.57 Å². The van der Waals surface area contributed by atoms with E-state index in [1.165, 1.54) is 12.1 Å². The molecule has 1 rings (SSSR count). The standard InChI is InChI=1S/C9H14N.CH4O3S/c1-3-7-10-8-5-4-6-9(10)2;1-5(2,3)4/h4-6,8H,3,7H2,1-2H3;1H3,(H,2,3,4)/q+1;. The fourth-order valence-corrected chi connectivity index (χ4v) is 1.05. The van der Waals surface area contributed by atoms with Crippen molar-refractivity contribution in [3.63, 3.8) is 0 Å². The summed E-state index contributed by atoms with van der Waals surface area (Å²) in [5, 5.41) is 0. The average Bonchev–Trinajstić information content (AvgIpc) is 2.06. The summed E-state index contributed by atoms with van der Waals surface area (Å²) in [6.45, 7) is 5.46. The molecule has 0 radical (unpaired) electrons. The van der Waals surface area contributed by atoms with Gasteiger partial charge in [-0.05, 0) is 0 Å². The number of aryl methyl sites for hydroxylation is 2. The Morgan fingerprint density at radius 3 is 2.33 bits per heavy atom. The number of rotatable bonds is 2. The van der Waals surface area contributed by atoms with Gasteiger partial charge in [0, 0.05) is 25.5 Å². The van der Waals surface area contributed by atoms with Crippen molar-refractivity contribution < 1.29 is 17.5 Å². The van der Waals surface area contributed by atoms with Crippen LogP contribution in [0, 0.1) is 6.92 Å². The Balaban J connectivity index is 0.000000336. The lowest BCUT2D eigenvalue weighted by Gasteiger charge is -1.95. The van der Waals surface area contributed by atoms with E-state index in [1.807, 2.05) is 0 Å². The van der Waals surface area contributed by atoms with E-state index in [0.717, 1.165) is 6.54 Å². The zero-order valence-corrected chi connectivity index (χ0v) is 10.2. The van der Waals surface area contributed by atoms with E-state index >= 15 is 0 Å². The molecule has 1 heterocycles. The third-order valence-electron chi connectivity index (χ3n) is 1.63. The molecule has 0 aliphatic carbocycles. The molecule has 0 saturated heterocycles. The van der Waals surface area contributed by atoms with Gasteiger partial charge in [-0.2, -0.15) is 8.42 Å². The van der Waals surface area contributed by atoms with E-state index in [9.17, 15) is 8.42 Å². The lowest BCUT2D eigenvalue weighted by molar-refractivity contribution is -0.702. The number of nitrogens with zero attached hydrogens (tertiary/aromatic N) is 1. The summed E-state index contributed by atoms with van der Waals surface area (Å²) in [7, 11) is -3.67. The highest BCUT2D eigenvalue weighted by Gasteiger charge is 1.99. The van der Waals surface area contributed by atoms with Gasteiger partial charge in [0.2, 0.25) is 0 Å². The molecule has 0 amide bonds. The Hall–Kier alpha value is -0.940. The minimum absolute atomic E-state index is 0.715. The molecule has 0 saturated carbocycles. The topological polar surface area (TPSA) is 58.2 Å². The quantitative estimate of drug-likeness (QED) is 0.615. The van der Waals surface area contributed by atoms with Gasteiger partial charge in [-0.15, -0.1) is 0 Å². The van der Waals surface area contributed by atoms with Crippen LogP contribution >= 0.6 is 0 Å². The van der Waals surface area contributed by atoms with Crippen LogP contribution in [0.25, 0.3) is 0 Å². The van der Waals surface area contributed by atoms with Gasteiger partial charge in [0.05, 0.1) is 6.26 Å². The maximum atomic E-state index is 9.19. The number of hydrogen-bond acceptors (Lipinski definition) is 2. The first-order valence-electron chi connectivity index (χ1n) is 4.72. The van der Waals surface area contributed by atoms with E-state index in [0.29, 0.717) is 6.26 Å². The molecule has 86 valence electrons. The van der Waals surface area contributed by atoms with Gasteiger partial charge in [-0.3, -0.25) is 4.55 Å². The van der Waals surface area contributed by atoms with Crippen LogP contribution < -0.4 is 4.57 Å². The molecule has 1 aromatic rings. The van der Waals surface area contributed by atoms with Crippen LogP contribution in [0.1, 0.15) is 19.0 Å². The van der Waals surface area contributed by atoms with E-state index in [2.05, 4.69) is 42.8 Å². The van der Waals surface area contributed by atoms with Crippen molar-refractivity contribution >= 4 is 10.1 Å². The third-order valence-corrected chi connectivity index (χ3v) is 1.63. The van der Waals surface area contributed by atoms with Crippen molar-refractivity contribution in [1.82, 2.24) is 0 Å². The summed E-state index contributed by atoms with van der Waals surface area (Å²) in [5.41, 5.74) is 1.34. The summed E-state index contributed by atoms with van der Waals surface area (Å²) in [5.74, 6) is 0. The van der Waals surface area contributed by atoms with Gasteiger partial charge >= 0.3 is 0 Å². The van der Waals surface area contributed by atoms with E-state index in [1.54, 1.807) is 0 Å². The molecule has 0 fully saturated rings. The Morgan fingerprint density at radius 2 is 1.93 bits per heavy atom. The Morgan fingerprint density at radius 1 is 1.40 bits per heavy atom. The molecule has 1 aromatic heterocycles. The molecule has 0 aliphatic rings. The molecule has 1 N–H and O–H groups in total. The first-order valence-corrected chi connectivity index (χ1v) is 6.57. The van der Waals surface area contributed by atoms with Crippen LogP contribution in [0.5, 0.6) is 0 Å². The molecular weight excluding hydrogens is 214 g/mol. The summed E-state index contributed by atoms with van der Waals surface area (Å²) in [6.07, 6.45) is 4.04.